The summed E-state index contributed by atoms with van der Waals surface area (Å²) in [6, 6.07) is 3.42. The van der Waals surface area contributed by atoms with E-state index in [0.717, 1.165) is 32.3 Å². The topological polar surface area (TPSA) is 71.5 Å². The number of nitrogens with zero attached hydrogens (tertiary/aromatic N) is 2. The predicted molar refractivity (Wildman–Crippen MR) is 94.1 cm³/mol. The van der Waals surface area contributed by atoms with Gasteiger partial charge in [0.1, 0.15) is 5.60 Å². The molecule has 0 aromatic carbocycles. The lowest BCUT2D eigenvalue weighted by atomic mass is 9.78. The van der Waals surface area contributed by atoms with E-state index in [1.807, 2.05) is 4.90 Å². The maximum atomic E-state index is 12.1. The molecule has 0 unspecified atom stereocenters. The van der Waals surface area contributed by atoms with Gasteiger partial charge >= 0.3 is 0 Å². The van der Waals surface area contributed by atoms with Crippen LogP contribution in [0.1, 0.15) is 49.4 Å². The van der Waals surface area contributed by atoms with Crippen molar-refractivity contribution >= 4 is 11.8 Å². The fourth-order valence-electron chi connectivity index (χ4n) is 3.77. The maximum absolute atomic E-state index is 12.1. The molecule has 2 aliphatic rings. The number of hydrogen-bond acceptors (Lipinski definition) is 4. The van der Waals surface area contributed by atoms with E-state index in [4.69, 9.17) is 4.74 Å². The van der Waals surface area contributed by atoms with Gasteiger partial charge in [0.05, 0.1) is 13.1 Å². The Morgan fingerprint density at radius 3 is 2.84 bits per heavy atom. The van der Waals surface area contributed by atoms with Gasteiger partial charge in [-0.2, -0.15) is 0 Å². The molecule has 1 atom stereocenters. The highest BCUT2D eigenvalue weighted by molar-refractivity contribution is 5.93. The van der Waals surface area contributed by atoms with Crippen molar-refractivity contribution in [2.24, 2.45) is 5.92 Å². The summed E-state index contributed by atoms with van der Waals surface area (Å²) in [6.07, 6.45) is 7.75. The molecule has 1 aromatic heterocycles. The highest BCUT2D eigenvalue weighted by Gasteiger charge is 2.53. The second-order valence-corrected chi connectivity index (χ2v) is 7.03. The molecular formula is C19H27N3O3. The number of carbonyl (C=O) groups is 2. The second-order valence-electron chi connectivity index (χ2n) is 7.03. The van der Waals surface area contributed by atoms with Crippen molar-refractivity contribution in [3.8, 4) is 0 Å². The minimum atomic E-state index is -0.177. The fraction of sp³-hybridized carbons (Fsp3) is 0.632. The molecule has 1 spiro atoms. The monoisotopic (exact) mass is 345 g/mol. The van der Waals surface area contributed by atoms with Crippen molar-refractivity contribution in [2.45, 2.75) is 44.6 Å². The Labute approximate surface area is 148 Å². The predicted octanol–water partition coefficient (Wildman–Crippen LogP) is 2.01. The molecule has 0 bridgehead atoms. The number of ether oxygens (including phenoxy) is 1. The van der Waals surface area contributed by atoms with Crippen LogP contribution in [0.4, 0.5) is 0 Å². The van der Waals surface area contributed by atoms with Crippen molar-refractivity contribution in [3.05, 3.63) is 30.1 Å². The van der Waals surface area contributed by atoms with Crippen molar-refractivity contribution in [1.29, 1.82) is 0 Å². The van der Waals surface area contributed by atoms with Gasteiger partial charge in [0.15, 0.2) is 0 Å². The Morgan fingerprint density at radius 1 is 1.36 bits per heavy atom. The molecule has 2 amide bonds. The molecule has 25 heavy (non-hydrogen) atoms. The van der Waals surface area contributed by atoms with Crippen molar-refractivity contribution < 1.29 is 14.3 Å². The first-order valence-electron chi connectivity index (χ1n) is 9.24. The molecule has 3 rings (SSSR count). The molecule has 3 heterocycles. The lowest BCUT2D eigenvalue weighted by molar-refractivity contribution is -0.165. The van der Waals surface area contributed by atoms with E-state index in [1.165, 1.54) is 0 Å². The van der Waals surface area contributed by atoms with E-state index in [0.29, 0.717) is 37.5 Å². The summed E-state index contributed by atoms with van der Waals surface area (Å²) in [4.78, 5) is 30.0. The number of unbranched alkanes of at least 4 members (excludes halogenated alkanes) is 1. The normalized spacial score (nSPS) is 21.2. The summed E-state index contributed by atoms with van der Waals surface area (Å²) in [5.74, 6) is 0.577. The Bertz CT molecular complexity index is 599. The van der Waals surface area contributed by atoms with E-state index in [2.05, 4.69) is 17.2 Å². The number of nitrogens with one attached hydrogen (secondary N) is 1. The minimum Gasteiger partial charge on any atom is -0.371 e. The molecule has 0 radical (unpaired) electrons. The number of pyridine rings is 1. The summed E-state index contributed by atoms with van der Waals surface area (Å²) in [5, 5.41) is 2.97. The van der Waals surface area contributed by atoms with Crippen molar-refractivity contribution in [2.75, 3.05) is 26.2 Å². The average molecular weight is 345 g/mol. The molecule has 2 saturated heterocycles. The Kier molecular flexibility index (Phi) is 5.68. The van der Waals surface area contributed by atoms with Crippen LogP contribution in [0.5, 0.6) is 0 Å². The van der Waals surface area contributed by atoms with E-state index < -0.39 is 0 Å². The summed E-state index contributed by atoms with van der Waals surface area (Å²) < 4.78 is 6.00. The van der Waals surface area contributed by atoms with E-state index in [-0.39, 0.29) is 17.4 Å². The largest absolute Gasteiger partial charge is 0.371 e. The Hall–Kier alpha value is -1.95. The number of likely N-dealkylation sites (tertiary alicyclic amines) is 1. The Balaban J connectivity index is 1.44. The number of amides is 2. The molecule has 0 saturated carbocycles. The summed E-state index contributed by atoms with van der Waals surface area (Å²) in [7, 11) is 0. The quantitative estimate of drug-likeness (QED) is 0.820. The third-order valence-corrected chi connectivity index (χ3v) is 5.33. The van der Waals surface area contributed by atoms with Gasteiger partial charge in [-0.1, -0.05) is 13.3 Å². The zero-order valence-electron chi connectivity index (χ0n) is 14.9. The lowest BCUT2D eigenvalue weighted by Crippen LogP contribution is -2.66. The molecule has 2 aliphatic heterocycles. The first-order chi connectivity index (χ1) is 12.1. The molecule has 1 aromatic rings. The van der Waals surface area contributed by atoms with Crippen LogP contribution < -0.4 is 5.32 Å². The van der Waals surface area contributed by atoms with Gasteiger partial charge in [0, 0.05) is 37.5 Å². The van der Waals surface area contributed by atoms with Crippen LogP contribution in [-0.4, -0.2) is 53.5 Å². The van der Waals surface area contributed by atoms with Gasteiger partial charge in [-0.05, 0) is 37.3 Å². The lowest BCUT2D eigenvalue weighted by Gasteiger charge is -2.50. The van der Waals surface area contributed by atoms with Crippen LogP contribution in [0, 0.1) is 5.92 Å². The van der Waals surface area contributed by atoms with Gasteiger partial charge in [0.2, 0.25) is 5.91 Å². The highest BCUT2D eigenvalue weighted by atomic mass is 16.5. The molecule has 136 valence electrons. The van der Waals surface area contributed by atoms with Crippen molar-refractivity contribution in [3.63, 3.8) is 0 Å². The van der Waals surface area contributed by atoms with E-state index in [1.54, 1.807) is 24.5 Å². The van der Waals surface area contributed by atoms with Gasteiger partial charge in [-0.25, -0.2) is 0 Å². The van der Waals surface area contributed by atoms with Crippen LogP contribution in [0.15, 0.2) is 24.5 Å². The maximum Gasteiger partial charge on any atom is 0.251 e. The number of aromatic nitrogens is 1. The van der Waals surface area contributed by atoms with Gasteiger partial charge in [-0.3, -0.25) is 14.6 Å². The van der Waals surface area contributed by atoms with Crippen LogP contribution in [0.3, 0.4) is 0 Å². The van der Waals surface area contributed by atoms with Gasteiger partial charge in [0.25, 0.3) is 5.91 Å². The van der Waals surface area contributed by atoms with E-state index >= 15 is 0 Å². The summed E-state index contributed by atoms with van der Waals surface area (Å²) in [6.45, 7) is 4.89. The molecule has 6 heteroatoms. The van der Waals surface area contributed by atoms with Gasteiger partial charge < -0.3 is 15.0 Å². The number of hydrogen-bond donors (Lipinski definition) is 1. The Morgan fingerprint density at radius 2 is 2.12 bits per heavy atom. The minimum absolute atomic E-state index is 0.0691. The molecule has 6 nitrogen and oxygen atoms in total. The zero-order valence-corrected chi connectivity index (χ0v) is 14.9. The van der Waals surface area contributed by atoms with Gasteiger partial charge in [-0.15, -0.1) is 0 Å². The SMILES string of the molecule is CCCCC(=O)N1CC2(C1)OCC[C@H]2CCNC(=O)c1ccncc1. The third-order valence-electron chi connectivity index (χ3n) is 5.33. The highest BCUT2D eigenvalue weighted by Crippen LogP contribution is 2.41. The van der Waals surface area contributed by atoms with E-state index in [9.17, 15) is 9.59 Å². The molecule has 1 N–H and O–H groups in total. The summed E-state index contributed by atoms with van der Waals surface area (Å²) >= 11 is 0. The first kappa shape index (κ1) is 17.9. The third kappa shape index (κ3) is 4.00. The molecule has 0 aliphatic carbocycles. The molecular weight excluding hydrogens is 318 g/mol. The van der Waals surface area contributed by atoms with Crippen molar-refractivity contribution in [1.82, 2.24) is 15.2 Å². The zero-order chi connectivity index (χ0) is 17.7. The number of carbonyl (C=O) groups excluding carboxylic acids is 2. The smallest absolute Gasteiger partial charge is 0.251 e. The molecule has 2 fully saturated rings. The first-order valence-corrected chi connectivity index (χ1v) is 9.24. The van der Waals surface area contributed by atoms with Crippen LogP contribution in [0.2, 0.25) is 0 Å². The average Bonchev–Trinajstić information content (AvgIpc) is 3.03. The standard InChI is InChI=1S/C19H27N3O3/c1-2-3-4-17(23)22-13-19(14-22)16(8-12-25-19)7-11-21-18(24)15-5-9-20-10-6-15/h5-6,9-10,16H,2-4,7-8,11-14H2,1H3,(H,21,24)/t16-/m1/s1. The van der Waals surface area contributed by atoms with Crippen LogP contribution in [0.25, 0.3) is 0 Å². The fourth-order valence-corrected chi connectivity index (χ4v) is 3.77. The number of rotatable bonds is 7. The van der Waals surface area contributed by atoms with Crippen LogP contribution >= 0.6 is 0 Å². The second kappa shape index (κ2) is 7.95. The summed E-state index contributed by atoms with van der Waals surface area (Å²) in [5.41, 5.74) is 0.451. The van der Waals surface area contributed by atoms with Crippen LogP contribution in [-0.2, 0) is 9.53 Å².